The molecule has 0 unspecified atom stereocenters. The number of halogens is 1. The van der Waals surface area contributed by atoms with Gasteiger partial charge in [0.05, 0.1) is 24.1 Å². The number of anilines is 3. The van der Waals surface area contributed by atoms with Gasteiger partial charge in [-0.1, -0.05) is 44.2 Å². The second-order valence-corrected chi connectivity index (χ2v) is 11.5. The number of nitrogens with one attached hydrogen (secondary N) is 2. The number of imide groups is 1. The Hall–Kier alpha value is -4.37. The third kappa shape index (κ3) is 4.23. The Morgan fingerprint density at radius 3 is 2.32 bits per heavy atom. The SMILES string of the molecule is CC(=O)Nc1ccc(N2C(=O)[C@H]3[C@@H](C2=O)[C@]2(N[C@@H]3CC(C)C)C(=O)N(Cc3ccc(F)cc3)c3ccccc32)cc1. The molecule has 2 fully saturated rings. The predicted octanol–water partition coefficient (Wildman–Crippen LogP) is 4.35. The zero-order chi connectivity index (χ0) is 29.1. The van der Waals surface area contributed by atoms with Crippen molar-refractivity contribution in [1.29, 1.82) is 0 Å². The highest BCUT2D eigenvalue weighted by molar-refractivity contribution is 6.26. The van der Waals surface area contributed by atoms with E-state index >= 15 is 0 Å². The van der Waals surface area contributed by atoms with E-state index in [9.17, 15) is 23.6 Å². The van der Waals surface area contributed by atoms with Crippen LogP contribution < -0.4 is 20.4 Å². The lowest BCUT2D eigenvalue weighted by atomic mass is 9.76. The second-order valence-electron chi connectivity index (χ2n) is 11.5. The zero-order valence-electron chi connectivity index (χ0n) is 23.1. The molecule has 6 rings (SSSR count). The molecule has 3 aliphatic rings. The highest BCUT2D eigenvalue weighted by atomic mass is 19.1. The van der Waals surface area contributed by atoms with Gasteiger partial charge in [-0.3, -0.25) is 24.5 Å². The summed E-state index contributed by atoms with van der Waals surface area (Å²) in [4.78, 5) is 57.2. The Morgan fingerprint density at radius 1 is 0.976 bits per heavy atom. The van der Waals surface area contributed by atoms with Gasteiger partial charge in [0.25, 0.3) is 5.91 Å². The molecule has 2 N–H and O–H groups in total. The van der Waals surface area contributed by atoms with E-state index in [1.165, 1.54) is 24.0 Å². The van der Waals surface area contributed by atoms with Crippen LogP contribution in [0.3, 0.4) is 0 Å². The second kappa shape index (κ2) is 9.92. The van der Waals surface area contributed by atoms with E-state index in [0.717, 1.165) is 5.56 Å². The van der Waals surface area contributed by atoms with Crippen LogP contribution in [-0.2, 0) is 31.3 Å². The fourth-order valence-corrected chi connectivity index (χ4v) is 6.74. The van der Waals surface area contributed by atoms with Crippen LogP contribution in [0, 0.1) is 23.6 Å². The van der Waals surface area contributed by atoms with Gasteiger partial charge < -0.3 is 10.2 Å². The maximum atomic E-state index is 14.5. The van der Waals surface area contributed by atoms with Crippen molar-refractivity contribution in [1.82, 2.24) is 5.32 Å². The minimum Gasteiger partial charge on any atom is -0.326 e. The summed E-state index contributed by atoms with van der Waals surface area (Å²) in [6.45, 7) is 5.70. The molecule has 3 aromatic rings. The van der Waals surface area contributed by atoms with Crippen LogP contribution in [0.25, 0.3) is 0 Å². The zero-order valence-corrected chi connectivity index (χ0v) is 23.1. The summed E-state index contributed by atoms with van der Waals surface area (Å²) in [6.07, 6.45) is 0.602. The number of nitrogens with zero attached hydrogens (tertiary/aromatic N) is 2. The smallest absolute Gasteiger partial charge is 0.253 e. The number of carbonyl (C=O) groups is 4. The van der Waals surface area contributed by atoms with E-state index in [1.54, 1.807) is 41.3 Å². The van der Waals surface area contributed by atoms with Gasteiger partial charge in [-0.15, -0.1) is 0 Å². The first-order valence-corrected chi connectivity index (χ1v) is 13.8. The fraction of sp³-hybridized carbons (Fsp3) is 0.312. The number of rotatable bonds is 6. The lowest BCUT2D eigenvalue weighted by Gasteiger charge is -2.31. The number of carbonyl (C=O) groups excluding carboxylic acids is 4. The van der Waals surface area contributed by atoms with Gasteiger partial charge >= 0.3 is 0 Å². The van der Waals surface area contributed by atoms with Gasteiger partial charge in [0.2, 0.25) is 17.7 Å². The molecule has 41 heavy (non-hydrogen) atoms. The van der Waals surface area contributed by atoms with Crippen LogP contribution >= 0.6 is 0 Å². The van der Waals surface area contributed by atoms with Crippen molar-refractivity contribution < 1.29 is 23.6 Å². The molecule has 0 saturated carbocycles. The number of benzene rings is 3. The highest BCUT2D eigenvalue weighted by Gasteiger charge is 2.71. The third-order valence-electron chi connectivity index (χ3n) is 8.29. The number of hydrogen-bond acceptors (Lipinski definition) is 5. The standard InChI is InChI=1S/C32H31FN4O4/c1-18(2)16-25-27-28(30(40)37(29(27)39)23-14-12-22(13-15-23)34-19(3)38)32(35-25)24-6-4-5-7-26(24)36(31(32)41)17-20-8-10-21(33)11-9-20/h4-15,18,25,27-28,35H,16-17H2,1-3H3,(H,34,38)/t25-,27-,28+,32+/m1/s1. The summed E-state index contributed by atoms with van der Waals surface area (Å²) in [7, 11) is 0. The summed E-state index contributed by atoms with van der Waals surface area (Å²) < 4.78 is 13.6. The number of amides is 4. The van der Waals surface area contributed by atoms with E-state index in [1.807, 2.05) is 38.1 Å². The summed E-state index contributed by atoms with van der Waals surface area (Å²) in [5.74, 6) is -3.14. The van der Waals surface area contributed by atoms with Crippen molar-refractivity contribution in [3.05, 3.63) is 89.7 Å². The average molecular weight is 555 g/mol. The average Bonchev–Trinajstić information content (AvgIpc) is 3.49. The Labute approximate surface area is 237 Å². The van der Waals surface area contributed by atoms with Gasteiger partial charge in [-0.2, -0.15) is 0 Å². The molecule has 2 saturated heterocycles. The van der Waals surface area contributed by atoms with Gasteiger partial charge in [-0.05, 0) is 60.4 Å². The first kappa shape index (κ1) is 26.8. The van der Waals surface area contributed by atoms with E-state index in [0.29, 0.717) is 29.0 Å². The normalized spacial score (nSPS) is 24.9. The molecule has 0 aliphatic carbocycles. The quantitative estimate of drug-likeness (QED) is 0.442. The van der Waals surface area contributed by atoms with Crippen LogP contribution in [0.1, 0.15) is 38.3 Å². The van der Waals surface area contributed by atoms with Crippen LogP contribution in [0.4, 0.5) is 21.5 Å². The number of para-hydroxylation sites is 1. The first-order chi connectivity index (χ1) is 19.6. The fourth-order valence-electron chi connectivity index (χ4n) is 6.74. The Kier molecular flexibility index (Phi) is 6.49. The van der Waals surface area contributed by atoms with Crippen LogP contribution in [0.2, 0.25) is 0 Å². The van der Waals surface area contributed by atoms with E-state index in [-0.39, 0.29) is 36.0 Å². The van der Waals surface area contributed by atoms with Crippen LogP contribution in [0.5, 0.6) is 0 Å². The minimum atomic E-state index is -1.42. The molecule has 8 nitrogen and oxygen atoms in total. The maximum absolute atomic E-state index is 14.5. The van der Waals surface area contributed by atoms with Crippen LogP contribution in [0.15, 0.2) is 72.8 Å². The first-order valence-electron chi connectivity index (χ1n) is 13.8. The summed E-state index contributed by atoms with van der Waals surface area (Å²) in [6, 6.07) is 19.5. The molecule has 3 aliphatic heterocycles. The summed E-state index contributed by atoms with van der Waals surface area (Å²) in [5, 5.41) is 6.22. The highest BCUT2D eigenvalue weighted by Crippen LogP contribution is 2.56. The molecule has 3 aromatic carbocycles. The molecule has 9 heteroatoms. The largest absolute Gasteiger partial charge is 0.326 e. The molecular weight excluding hydrogens is 523 g/mol. The van der Waals surface area contributed by atoms with Crippen molar-refractivity contribution in [3.63, 3.8) is 0 Å². The van der Waals surface area contributed by atoms with Gasteiger partial charge in [0, 0.05) is 29.9 Å². The number of fused-ring (bicyclic) bond motifs is 4. The maximum Gasteiger partial charge on any atom is 0.253 e. The topological polar surface area (TPSA) is 98.8 Å². The van der Waals surface area contributed by atoms with Crippen molar-refractivity contribution >= 4 is 40.7 Å². The monoisotopic (exact) mass is 554 g/mol. The Bertz CT molecular complexity index is 1550. The minimum absolute atomic E-state index is 0.197. The lowest BCUT2D eigenvalue weighted by molar-refractivity contribution is -0.132. The Balaban J connectivity index is 1.43. The van der Waals surface area contributed by atoms with Crippen molar-refractivity contribution in [2.45, 2.75) is 45.3 Å². The van der Waals surface area contributed by atoms with Crippen LogP contribution in [-0.4, -0.2) is 29.7 Å². The summed E-state index contributed by atoms with van der Waals surface area (Å²) in [5.41, 5.74) is 1.60. The molecule has 4 amide bonds. The lowest BCUT2D eigenvalue weighted by Crippen LogP contribution is -2.55. The Morgan fingerprint density at radius 2 is 1.66 bits per heavy atom. The predicted molar refractivity (Wildman–Crippen MR) is 152 cm³/mol. The molecule has 0 aromatic heterocycles. The third-order valence-corrected chi connectivity index (χ3v) is 8.29. The molecule has 4 atom stereocenters. The molecule has 210 valence electrons. The molecule has 0 bridgehead atoms. The van der Waals surface area contributed by atoms with Crippen molar-refractivity contribution in [2.24, 2.45) is 17.8 Å². The number of hydrogen-bond donors (Lipinski definition) is 2. The van der Waals surface area contributed by atoms with Gasteiger partial charge in [0.1, 0.15) is 11.4 Å². The molecular formula is C32H31FN4O4. The van der Waals surface area contributed by atoms with E-state index < -0.39 is 29.3 Å². The molecule has 3 heterocycles. The van der Waals surface area contributed by atoms with Crippen molar-refractivity contribution in [3.8, 4) is 0 Å². The van der Waals surface area contributed by atoms with Gasteiger partial charge in [-0.25, -0.2) is 9.29 Å². The van der Waals surface area contributed by atoms with E-state index in [4.69, 9.17) is 0 Å². The molecule has 1 spiro atoms. The van der Waals surface area contributed by atoms with E-state index in [2.05, 4.69) is 10.6 Å². The van der Waals surface area contributed by atoms with Gasteiger partial charge in [0.15, 0.2) is 0 Å². The summed E-state index contributed by atoms with van der Waals surface area (Å²) >= 11 is 0. The van der Waals surface area contributed by atoms with Crippen molar-refractivity contribution in [2.75, 3.05) is 15.1 Å². The molecule has 0 radical (unpaired) electrons.